The Kier molecular flexibility index (Phi) is 4.84. The van der Waals surface area contributed by atoms with E-state index in [-0.39, 0.29) is 28.4 Å². The Bertz CT molecular complexity index is 1700. The van der Waals surface area contributed by atoms with Crippen molar-refractivity contribution in [3.63, 3.8) is 0 Å². The molecule has 2 aromatic carbocycles. The smallest absolute Gasteiger partial charge is 0.263 e. The minimum Gasteiger partial charge on any atom is -0.495 e. The zero-order valence-electron chi connectivity index (χ0n) is 19.6. The molecule has 1 saturated carbocycles. The molecule has 3 N–H and O–H groups in total. The molecule has 36 heavy (non-hydrogen) atoms. The molecule has 0 amide bonds. The minimum atomic E-state index is -0.785. The van der Waals surface area contributed by atoms with E-state index in [4.69, 9.17) is 10.5 Å². The fourth-order valence-electron chi connectivity index (χ4n) is 5.06. The van der Waals surface area contributed by atoms with Gasteiger partial charge in [0.05, 0.1) is 30.0 Å². The molecule has 1 aliphatic rings. The fraction of sp³-hybridized carbons (Fsp3) is 0.231. The highest BCUT2D eigenvalue weighted by Gasteiger charge is 2.42. The number of hydrogen-bond donors (Lipinski definition) is 2. The van der Waals surface area contributed by atoms with Crippen molar-refractivity contribution in [3.05, 3.63) is 76.9 Å². The molecular formula is C26H23FN6O3. The number of hydrogen-bond acceptors (Lipinski definition) is 7. The first-order valence-electron chi connectivity index (χ1n) is 11.5. The summed E-state index contributed by atoms with van der Waals surface area (Å²) in [7, 11) is 1.47. The van der Waals surface area contributed by atoms with Crippen LogP contribution in [0.4, 0.5) is 10.2 Å². The van der Waals surface area contributed by atoms with Gasteiger partial charge in [-0.3, -0.25) is 9.36 Å². The van der Waals surface area contributed by atoms with Gasteiger partial charge in [-0.15, -0.1) is 0 Å². The highest BCUT2D eigenvalue weighted by Crippen LogP contribution is 2.46. The molecule has 10 heteroatoms. The number of aromatic nitrogens is 5. The van der Waals surface area contributed by atoms with Crippen molar-refractivity contribution in [2.45, 2.75) is 31.3 Å². The van der Waals surface area contributed by atoms with Gasteiger partial charge < -0.3 is 15.6 Å². The molecule has 182 valence electrons. The maximum Gasteiger partial charge on any atom is 0.263 e. The SMILES string of the molecule is COc1cn(-c2ccccc2)c(=O)c2cc(-n3nc(C4CC(C)(O)C4)c4ncnc(N)c43)c(F)cc12. The molecule has 9 nitrogen and oxygen atoms in total. The highest BCUT2D eigenvalue weighted by atomic mass is 19.1. The van der Waals surface area contributed by atoms with E-state index < -0.39 is 11.4 Å². The van der Waals surface area contributed by atoms with Crippen LogP contribution in [0.2, 0.25) is 0 Å². The second kappa shape index (κ2) is 7.85. The third-order valence-corrected chi connectivity index (χ3v) is 6.80. The Hall–Kier alpha value is -4.31. The lowest BCUT2D eigenvalue weighted by Crippen LogP contribution is -2.39. The van der Waals surface area contributed by atoms with Gasteiger partial charge in [0.25, 0.3) is 5.56 Å². The van der Waals surface area contributed by atoms with Crippen LogP contribution in [0.25, 0.3) is 33.2 Å². The van der Waals surface area contributed by atoms with Gasteiger partial charge in [-0.1, -0.05) is 18.2 Å². The number of fused-ring (bicyclic) bond motifs is 2. The van der Waals surface area contributed by atoms with E-state index in [1.54, 1.807) is 25.3 Å². The lowest BCUT2D eigenvalue weighted by Gasteiger charge is -2.39. The van der Waals surface area contributed by atoms with Crippen LogP contribution >= 0.6 is 0 Å². The lowest BCUT2D eigenvalue weighted by molar-refractivity contribution is -0.0321. The summed E-state index contributed by atoms with van der Waals surface area (Å²) in [5.74, 6) is -0.185. The average Bonchev–Trinajstić information content (AvgIpc) is 3.23. The average molecular weight is 487 g/mol. The maximum atomic E-state index is 15.6. The van der Waals surface area contributed by atoms with Crippen molar-refractivity contribution >= 4 is 27.6 Å². The van der Waals surface area contributed by atoms with Crippen LogP contribution in [0.5, 0.6) is 5.75 Å². The van der Waals surface area contributed by atoms with E-state index in [9.17, 15) is 9.90 Å². The van der Waals surface area contributed by atoms with Crippen LogP contribution in [0, 0.1) is 5.82 Å². The number of rotatable bonds is 4. The monoisotopic (exact) mass is 486 g/mol. The largest absolute Gasteiger partial charge is 0.495 e. The number of pyridine rings is 1. The third-order valence-electron chi connectivity index (χ3n) is 6.80. The molecule has 3 aromatic heterocycles. The lowest BCUT2D eigenvalue weighted by atomic mass is 9.70. The quantitative estimate of drug-likeness (QED) is 0.399. The van der Waals surface area contributed by atoms with Crippen LogP contribution in [0.15, 0.2) is 59.8 Å². The third kappa shape index (κ3) is 3.33. The summed E-state index contributed by atoms with van der Waals surface area (Å²) in [6, 6.07) is 11.8. The van der Waals surface area contributed by atoms with Crippen molar-refractivity contribution in [1.82, 2.24) is 24.3 Å². The topological polar surface area (TPSA) is 121 Å². The van der Waals surface area contributed by atoms with Crippen molar-refractivity contribution in [3.8, 4) is 17.1 Å². The van der Waals surface area contributed by atoms with E-state index in [2.05, 4.69) is 15.1 Å². The number of para-hydroxylation sites is 1. The summed E-state index contributed by atoms with van der Waals surface area (Å²) in [5.41, 5.74) is 7.21. The molecule has 5 aromatic rings. The first kappa shape index (κ1) is 22.2. The van der Waals surface area contributed by atoms with Gasteiger partial charge >= 0.3 is 0 Å². The van der Waals surface area contributed by atoms with E-state index in [1.165, 1.54) is 34.8 Å². The summed E-state index contributed by atoms with van der Waals surface area (Å²) in [6.45, 7) is 1.76. The predicted octanol–water partition coefficient (Wildman–Crippen LogP) is 3.48. The maximum absolute atomic E-state index is 15.6. The van der Waals surface area contributed by atoms with Crippen LogP contribution < -0.4 is 16.0 Å². The van der Waals surface area contributed by atoms with Crippen LogP contribution in [0.3, 0.4) is 0 Å². The Morgan fingerprint density at radius 3 is 2.61 bits per heavy atom. The van der Waals surface area contributed by atoms with Crippen molar-refractivity contribution in [2.75, 3.05) is 12.8 Å². The van der Waals surface area contributed by atoms with Gasteiger partial charge in [-0.05, 0) is 44.0 Å². The summed E-state index contributed by atoms with van der Waals surface area (Å²) in [6.07, 6.45) is 3.89. The zero-order valence-corrected chi connectivity index (χ0v) is 19.6. The molecule has 1 aliphatic carbocycles. The van der Waals surface area contributed by atoms with Gasteiger partial charge in [0.2, 0.25) is 0 Å². The van der Waals surface area contributed by atoms with Gasteiger partial charge in [0.1, 0.15) is 34.6 Å². The molecule has 0 spiro atoms. The normalized spacial score (nSPS) is 19.5. The van der Waals surface area contributed by atoms with Crippen molar-refractivity contribution in [1.29, 1.82) is 0 Å². The summed E-state index contributed by atoms with van der Waals surface area (Å²) < 4.78 is 23.9. The number of benzene rings is 2. The van der Waals surface area contributed by atoms with Crippen molar-refractivity contribution in [2.24, 2.45) is 0 Å². The number of nitrogens with two attached hydrogens (primary N) is 1. The second-order valence-electron chi connectivity index (χ2n) is 9.41. The summed E-state index contributed by atoms with van der Waals surface area (Å²) >= 11 is 0. The van der Waals surface area contributed by atoms with Crippen LogP contribution in [0.1, 0.15) is 31.4 Å². The number of aliphatic hydroxyl groups is 1. The Balaban J connectivity index is 1.62. The van der Waals surface area contributed by atoms with Gasteiger partial charge in [0, 0.05) is 17.0 Å². The molecule has 0 bridgehead atoms. The van der Waals surface area contributed by atoms with Crippen LogP contribution in [-0.4, -0.2) is 42.1 Å². The first-order valence-corrected chi connectivity index (χ1v) is 11.5. The van der Waals surface area contributed by atoms with Gasteiger partial charge in [-0.2, -0.15) is 5.10 Å². The van der Waals surface area contributed by atoms with E-state index >= 15 is 4.39 Å². The van der Waals surface area contributed by atoms with E-state index in [1.807, 2.05) is 18.2 Å². The number of nitrogen functional groups attached to an aromatic ring is 1. The van der Waals surface area contributed by atoms with Crippen LogP contribution in [-0.2, 0) is 0 Å². The number of nitrogens with zero attached hydrogens (tertiary/aromatic N) is 5. The number of methoxy groups -OCH3 is 1. The Labute approximate surface area is 204 Å². The summed E-state index contributed by atoms with van der Waals surface area (Å²) in [5, 5.41) is 15.5. The molecule has 0 radical (unpaired) electrons. The minimum absolute atomic E-state index is 0.0382. The second-order valence-corrected chi connectivity index (χ2v) is 9.41. The molecule has 0 aliphatic heterocycles. The fourth-order valence-corrected chi connectivity index (χ4v) is 5.06. The highest BCUT2D eigenvalue weighted by molar-refractivity contribution is 5.92. The molecule has 3 heterocycles. The van der Waals surface area contributed by atoms with Gasteiger partial charge in [-0.25, -0.2) is 19.0 Å². The zero-order chi connectivity index (χ0) is 25.2. The summed E-state index contributed by atoms with van der Waals surface area (Å²) in [4.78, 5) is 22.0. The molecule has 0 saturated heterocycles. The van der Waals surface area contributed by atoms with Gasteiger partial charge in [0.15, 0.2) is 5.82 Å². The molecular weight excluding hydrogens is 463 g/mol. The number of anilines is 1. The number of halogens is 1. The van der Waals surface area contributed by atoms with Crippen molar-refractivity contribution < 1.29 is 14.2 Å². The Morgan fingerprint density at radius 1 is 1.17 bits per heavy atom. The molecule has 1 fully saturated rings. The first-order chi connectivity index (χ1) is 17.3. The standard InChI is InChI=1S/C26H23FN6O3/c1-26(35)10-14(11-26)21-22-23(24(28)30-13-29-22)33(31-21)19-9-17-16(8-18(19)27)20(36-2)12-32(25(17)34)15-6-4-3-5-7-15/h3-9,12-14,35H,10-11H2,1-2H3,(H2,28,29,30). The molecule has 6 rings (SSSR count). The molecule has 0 atom stereocenters. The number of ether oxygens (including phenoxy) is 1. The Morgan fingerprint density at radius 2 is 1.92 bits per heavy atom. The predicted molar refractivity (Wildman–Crippen MR) is 133 cm³/mol. The van der Waals surface area contributed by atoms with E-state index in [0.29, 0.717) is 46.4 Å². The van der Waals surface area contributed by atoms with E-state index in [0.717, 1.165) is 0 Å². The molecule has 0 unspecified atom stereocenters.